The van der Waals surface area contributed by atoms with E-state index in [0.29, 0.717) is 12.8 Å². The molecule has 2 unspecified atom stereocenters. The van der Waals surface area contributed by atoms with Gasteiger partial charge in [-0.15, -0.1) is 0 Å². The minimum Gasteiger partial charge on any atom is -0.462 e. The molecule has 0 saturated carbocycles. The predicted molar refractivity (Wildman–Crippen MR) is 247 cm³/mol. The first-order chi connectivity index (χ1) is 29.8. The van der Waals surface area contributed by atoms with Gasteiger partial charge in [-0.3, -0.25) is 9.59 Å². The van der Waals surface area contributed by atoms with Gasteiger partial charge in [-0.05, 0) is 38.5 Å². The molecule has 1 fully saturated rings. The van der Waals surface area contributed by atoms with Gasteiger partial charge in [-0.25, -0.2) is 0 Å². The normalized spacial score (nSPS) is 19.9. The Balaban J connectivity index is 2.24. The monoisotopic (exact) mass is 867 g/mol. The molecule has 0 aromatic rings. The Kier molecular flexibility index (Phi) is 39.5. The lowest BCUT2D eigenvalue weighted by Gasteiger charge is -2.39. The summed E-state index contributed by atoms with van der Waals surface area (Å²) in [5, 5.41) is 40.2. The van der Waals surface area contributed by atoms with Crippen molar-refractivity contribution in [3.8, 4) is 0 Å². The highest BCUT2D eigenvalue weighted by molar-refractivity contribution is 5.70. The Bertz CT molecular complexity index is 1050. The number of carbonyl (C=O) groups excluding carboxylic acids is 2. The average molecular weight is 867 g/mol. The molecule has 10 heteroatoms. The van der Waals surface area contributed by atoms with Gasteiger partial charge in [0.1, 0.15) is 31.0 Å². The minimum absolute atomic E-state index is 0.221. The smallest absolute Gasteiger partial charge is 0.306 e. The zero-order valence-electron chi connectivity index (χ0n) is 39.2. The number of unbranched alkanes of at least 4 members (excludes halogenated alkanes) is 28. The first-order valence-electron chi connectivity index (χ1n) is 25.4. The van der Waals surface area contributed by atoms with Gasteiger partial charge in [0.05, 0.1) is 13.2 Å². The van der Waals surface area contributed by atoms with Crippen molar-refractivity contribution >= 4 is 11.9 Å². The van der Waals surface area contributed by atoms with Crippen LogP contribution in [0.3, 0.4) is 0 Å². The summed E-state index contributed by atoms with van der Waals surface area (Å²) in [4.78, 5) is 25.4. The summed E-state index contributed by atoms with van der Waals surface area (Å²) in [5.74, 6) is -0.812. The summed E-state index contributed by atoms with van der Waals surface area (Å²) in [7, 11) is 0. The summed E-state index contributed by atoms with van der Waals surface area (Å²) in [6.07, 6.45) is 40.5. The van der Waals surface area contributed by atoms with Crippen molar-refractivity contribution < 1.29 is 49.0 Å². The van der Waals surface area contributed by atoms with Crippen LogP contribution in [-0.4, -0.2) is 89.0 Å². The van der Waals surface area contributed by atoms with Crippen LogP contribution < -0.4 is 0 Å². The van der Waals surface area contributed by atoms with Crippen molar-refractivity contribution in [1.29, 1.82) is 0 Å². The maximum Gasteiger partial charge on any atom is 0.306 e. The lowest BCUT2D eigenvalue weighted by Crippen LogP contribution is -2.59. The molecule has 1 heterocycles. The summed E-state index contributed by atoms with van der Waals surface area (Å²) in [6, 6.07) is 0. The Morgan fingerprint density at radius 3 is 1.41 bits per heavy atom. The van der Waals surface area contributed by atoms with E-state index < -0.39 is 49.4 Å². The van der Waals surface area contributed by atoms with Crippen LogP contribution in [0.1, 0.15) is 232 Å². The molecule has 4 N–H and O–H groups in total. The van der Waals surface area contributed by atoms with Crippen LogP contribution in [0.2, 0.25) is 0 Å². The van der Waals surface area contributed by atoms with Gasteiger partial charge in [-0.2, -0.15) is 0 Å². The van der Waals surface area contributed by atoms with Gasteiger partial charge in [0.25, 0.3) is 0 Å². The molecule has 0 aliphatic carbocycles. The number of esters is 2. The van der Waals surface area contributed by atoms with Crippen molar-refractivity contribution in [3.63, 3.8) is 0 Å². The molecule has 0 spiro atoms. The molecular weight excluding hydrogens is 773 g/mol. The number of aliphatic hydroxyl groups excluding tert-OH is 4. The Morgan fingerprint density at radius 1 is 0.508 bits per heavy atom. The fourth-order valence-corrected chi connectivity index (χ4v) is 7.79. The fourth-order valence-electron chi connectivity index (χ4n) is 7.79. The SMILES string of the molecule is CCCC/C=C/C/C=C/CCCCCCCC(=O)OC[C@H](CO[C@@H]1O[C@H](CO)[C@H](O)C(O)C1O)OC(=O)CCCCCCCCCCCCCCCCCCCCCCCC. The van der Waals surface area contributed by atoms with E-state index in [1.807, 2.05) is 0 Å². The highest BCUT2D eigenvalue weighted by Gasteiger charge is 2.44. The van der Waals surface area contributed by atoms with Crippen molar-refractivity contribution in [2.75, 3.05) is 19.8 Å². The van der Waals surface area contributed by atoms with E-state index in [4.69, 9.17) is 18.9 Å². The van der Waals surface area contributed by atoms with E-state index in [2.05, 4.69) is 38.2 Å². The average Bonchev–Trinajstić information content (AvgIpc) is 3.26. The van der Waals surface area contributed by atoms with Gasteiger partial charge in [0.15, 0.2) is 12.4 Å². The summed E-state index contributed by atoms with van der Waals surface area (Å²) in [5.41, 5.74) is 0. The number of rotatable bonds is 43. The number of carbonyl (C=O) groups is 2. The number of hydrogen-bond acceptors (Lipinski definition) is 10. The first-order valence-corrected chi connectivity index (χ1v) is 25.4. The van der Waals surface area contributed by atoms with Gasteiger partial charge in [0.2, 0.25) is 0 Å². The zero-order chi connectivity index (χ0) is 44.4. The van der Waals surface area contributed by atoms with Crippen LogP contribution >= 0.6 is 0 Å². The van der Waals surface area contributed by atoms with Crippen molar-refractivity contribution in [2.45, 2.75) is 269 Å². The molecule has 10 nitrogen and oxygen atoms in total. The van der Waals surface area contributed by atoms with Crippen molar-refractivity contribution in [1.82, 2.24) is 0 Å². The number of ether oxygens (including phenoxy) is 4. The molecule has 0 radical (unpaired) electrons. The molecule has 1 rings (SSSR count). The molecule has 0 amide bonds. The van der Waals surface area contributed by atoms with Crippen molar-refractivity contribution in [2.24, 2.45) is 0 Å². The number of aliphatic hydroxyl groups is 4. The van der Waals surface area contributed by atoms with Gasteiger partial charge in [0, 0.05) is 12.8 Å². The summed E-state index contributed by atoms with van der Waals surface area (Å²) < 4.78 is 22.2. The maximum absolute atomic E-state index is 12.8. The quantitative estimate of drug-likeness (QED) is 0.0265. The van der Waals surface area contributed by atoms with Crippen LogP contribution in [-0.2, 0) is 28.5 Å². The highest BCUT2D eigenvalue weighted by Crippen LogP contribution is 2.23. The van der Waals surface area contributed by atoms with Gasteiger partial charge in [-0.1, -0.05) is 205 Å². The van der Waals surface area contributed by atoms with Crippen molar-refractivity contribution in [3.05, 3.63) is 24.3 Å². The standard InChI is InChI=1S/C51H94O10/c1-3-5-7-9-11-13-15-17-19-20-21-22-23-24-25-26-28-30-32-34-36-38-40-47(54)60-44(43-59-51-50(57)49(56)48(55)45(41-52)61-51)42-58-46(53)39-37-35-33-31-29-27-18-16-14-12-10-8-6-4-2/h10,12,16,18,44-45,48-52,55-57H,3-9,11,13-15,17,19-43H2,1-2H3/b12-10+,18-16+/t44-,45-,48+,49?,50?,51-/m1/s1. The zero-order valence-corrected chi connectivity index (χ0v) is 39.2. The largest absolute Gasteiger partial charge is 0.462 e. The van der Waals surface area contributed by atoms with Gasteiger partial charge >= 0.3 is 11.9 Å². The van der Waals surface area contributed by atoms with E-state index in [-0.39, 0.29) is 32.0 Å². The maximum atomic E-state index is 12.8. The second-order valence-electron chi connectivity index (χ2n) is 17.6. The number of allylic oxidation sites excluding steroid dienone is 4. The van der Waals surface area contributed by atoms with E-state index in [9.17, 15) is 30.0 Å². The molecule has 1 aliphatic heterocycles. The van der Waals surface area contributed by atoms with Crippen LogP contribution in [0.5, 0.6) is 0 Å². The molecule has 0 aromatic carbocycles. The Morgan fingerprint density at radius 2 is 0.934 bits per heavy atom. The summed E-state index contributed by atoms with van der Waals surface area (Å²) in [6.45, 7) is 3.40. The van der Waals surface area contributed by atoms with E-state index in [1.54, 1.807) is 0 Å². The van der Waals surface area contributed by atoms with E-state index >= 15 is 0 Å². The lowest BCUT2D eigenvalue weighted by atomic mass is 9.99. The van der Waals surface area contributed by atoms with Crippen LogP contribution in [0.4, 0.5) is 0 Å². The molecule has 358 valence electrons. The molecule has 61 heavy (non-hydrogen) atoms. The van der Waals surface area contributed by atoms with Crippen LogP contribution in [0, 0.1) is 0 Å². The molecule has 6 atom stereocenters. The van der Waals surface area contributed by atoms with Gasteiger partial charge < -0.3 is 39.4 Å². The third-order valence-electron chi connectivity index (χ3n) is 11.8. The Labute approximate surface area is 373 Å². The third-order valence-corrected chi connectivity index (χ3v) is 11.8. The minimum atomic E-state index is -1.59. The predicted octanol–water partition coefficient (Wildman–Crippen LogP) is 11.7. The molecule has 0 bridgehead atoms. The van der Waals surface area contributed by atoms with Crippen LogP contribution in [0.25, 0.3) is 0 Å². The second-order valence-corrected chi connectivity index (χ2v) is 17.6. The second kappa shape index (κ2) is 42.1. The molecule has 1 saturated heterocycles. The molecular formula is C51H94O10. The topological polar surface area (TPSA) is 152 Å². The first kappa shape index (κ1) is 57.2. The van der Waals surface area contributed by atoms with E-state index in [0.717, 1.165) is 64.2 Å². The Hall–Kier alpha value is -1.82. The lowest BCUT2D eigenvalue weighted by molar-refractivity contribution is -0.305. The highest BCUT2D eigenvalue weighted by atomic mass is 16.7. The summed E-state index contributed by atoms with van der Waals surface area (Å²) >= 11 is 0. The van der Waals surface area contributed by atoms with Crippen LogP contribution in [0.15, 0.2) is 24.3 Å². The number of hydrogen-bond donors (Lipinski definition) is 4. The third kappa shape index (κ3) is 33.4. The molecule has 1 aliphatic rings. The fraction of sp³-hybridized carbons (Fsp3) is 0.882. The molecule has 0 aromatic heterocycles. The van der Waals surface area contributed by atoms with E-state index in [1.165, 1.54) is 128 Å².